The first kappa shape index (κ1) is 22.8. The van der Waals surface area contributed by atoms with Crippen molar-refractivity contribution in [3.8, 4) is 0 Å². The highest BCUT2D eigenvalue weighted by Crippen LogP contribution is 2.25. The van der Waals surface area contributed by atoms with Gasteiger partial charge >= 0.3 is 0 Å². The van der Waals surface area contributed by atoms with Gasteiger partial charge in [0.25, 0.3) is 0 Å². The molecule has 1 N–H and O–H groups in total. The van der Waals surface area contributed by atoms with Gasteiger partial charge in [0.1, 0.15) is 0 Å². The quantitative estimate of drug-likeness (QED) is 0.777. The number of sulfonamides is 1. The van der Waals surface area contributed by atoms with Crippen LogP contribution in [0.3, 0.4) is 0 Å². The van der Waals surface area contributed by atoms with Crippen molar-refractivity contribution >= 4 is 21.6 Å². The molecule has 0 radical (unpaired) electrons. The van der Waals surface area contributed by atoms with E-state index in [0.717, 1.165) is 5.56 Å². The van der Waals surface area contributed by atoms with Crippen molar-refractivity contribution in [2.45, 2.75) is 45.6 Å². The second-order valence-corrected chi connectivity index (χ2v) is 10.4. The summed E-state index contributed by atoms with van der Waals surface area (Å²) in [5.41, 5.74) is 1.40. The highest BCUT2D eigenvalue weighted by Gasteiger charge is 2.28. The van der Waals surface area contributed by atoms with Crippen LogP contribution in [0.1, 0.15) is 33.3 Å². The van der Waals surface area contributed by atoms with Gasteiger partial charge in [0.2, 0.25) is 15.9 Å². The number of anilines is 1. The number of amides is 1. The molecule has 0 bridgehead atoms. The van der Waals surface area contributed by atoms with Gasteiger partial charge in [0, 0.05) is 24.8 Å². The Labute approximate surface area is 169 Å². The number of benzene rings is 1. The maximum Gasteiger partial charge on any atom is 0.243 e. The van der Waals surface area contributed by atoms with E-state index in [9.17, 15) is 13.2 Å². The van der Waals surface area contributed by atoms with Crippen LogP contribution in [-0.4, -0.2) is 69.5 Å². The molecular formula is C20H33N3O4S. The van der Waals surface area contributed by atoms with Gasteiger partial charge in [0.15, 0.2) is 0 Å². The number of aryl methyl sites for hydroxylation is 1. The van der Waals surface area contributed by atoms with Crippen molar-refractivity contribution in [3.63, 3.8) is 0 Å². The lowest BCUT2D eigenvalue weighted by Crippen LogP contribution is -2.43. The van der Waals surface area contributed by atoms with Gasteiger partial charge in [0.05, 0.1) is 24.7 Å². The number of ether oxygens (including phenoxy) is 1. The van der Waals surface area contributed by atoms with E-state index in [-0.39, 0.29) is 28.8 Å². The first-order valence-corrected chi connectivity index (χ1v) is 11.1. The zero-order valence-corrected chi connectivity index (χ0v) is 18.6. The van der Waals surface area contributed by atoms with E-state index in [2.05, 4.69) is 33.0 Å². The Morgan fingerprint density at radius 3 is 2.46 bits per heavy atom. The van der Waals surface area contributed by atoms with Gasteiger partial charge in [-0.2, -0.15) is 4.31 Å². The fraction of sp³-hybridized carbons (Fsp3) is 0.650. The van der Waals surface area contributed by atoms with E-state index >= 15 is 0 Å². The van der Waals surface area contributed by atoms with Crippen LogP contribution < -0.4 is 5.32 Å². The van der Waals surface area contributed by atoms with Gasteiger partial charge in [-0.25, -0.2) is 8.42 Å². The third-order valence-corrected chi connectivity index (χ3v) is 7.29. The molecule has 1 aliphatic heterocycles. The van der Waals surface area contributed by atoms with Crippen LogP contribution >= 0.6 is 0 Å². The standard InChI is InChI=1S/C20H33N3O4S/c1-15-7-8-17(28(25,26)23-9-11-27-12-10-23)13-18(15)21-19(24)14-22(6)16(2)20(3,4)5/h7-8,13,16H,9-12,14H2,1-6H3,(H,21,24). The van der Waals surface area contributed by atoms with Crippen molar-refractivity contribution in [2.24, 2.45) is 5.41 Å². The van der Waals surface area contributed by atoms with Gasteiger partial charge < -0.3 is 10.1 Å². The van der Waals surface area contributed by atoms with Crippen molar-refractivity contribution < 1.29 is 17.9 Å². The van der Waals surface area contributed by atoms with Crippen LogP contribution in [0.2, 0.25) is 0 Å². The summed E-state index contributed by atoms with van der Waals surface area (Å²) in [7, 11) is -1.68. The Morgan fingerprint density at radius 2 is 1.89 bits per heavy atom. The SMILES string of the molecule is Cc1ccc(S(=O)(=O)N2CCOCC2)cc1NC(=O)CN(C)C(C)C(C)(C)C. The first-order valence-electron chi connectivity index (χ1n) is 9.61. The summed E-state index contributed by atoms with van der Waals surface area (Å²) in [5, 5.41) is 2.87. The van der Waals surface area contributed by atoms with E-state index in [1.807, 2.05) is 18.9 Å². The summed E-state index contributed by atoms with van der Waals surface area (Å²) in [6.45, 7) is 12.1. The molecular weight excluding hydrogens is 378 g/mol. The molecule has 1 saturated heterocycles. The minimum absolute atomic E-state index is 0.0527. The number of nitrogens with one attached hydrogen (secondary N) is 1. The normalized spacial score (nSPS) is 17.5. The number of morpholine rings is 1. The predicted octanol–water partition coefficient (Wildman–Crippen LogP) is 2.32. The summed E-state index contributed by atoms with van der Waals surface area (Å²) in [5.74, 6) is -0.164. The van der Waals surface area contributed by atoms with Crippen LogP contribution in [0.4, 0.5) is 5.69 Å². The Balaban J connectivity index is 2.14. The Bertz CT molecular complexity index is 796. The highest BCUT2D eigenvalue weighted by molar-refractivity contribution is 7.89. The Hall–Kier alpha value is -1.48. The molecule has 1 aromatic rings. The Kier molecular flexibility index (Phi) is 7.25. The Morgan fingerprint density at radius 1 is 1.29 bits per heavy atom. The summed E-state index contributed by atoms with van der Waals surface area (Å²) >= 11 is 0. The first-order chi connectivity index (χ1) is 12.9. The molecule has 2 rings (SSSR count). The maximum atomic E-state index is 12.9. The smallest absolute Gasteiger partial charge is 0.243 e. The van der Waals surface area contributed by atoms with Crippen molar-refractivity contribution in [3.05, 3.63) is 23.8 Å². The monoisotopic (exact) mass is 411 g/mol. The summed E-state index contributed by atoms with van der Waals surface area (Å²) in [6, 6.07) is 5.08. The van der Waals surface area contributed by atoms with Crippen LogP contribution in [0, 0.1) is 12.3 Å². The van der Waals surface area contributed by atoms with Crippen LogP contribution in [0.25, 0.3) is 0 Å². The molecule has 0 aromatic heterocycles. The summed E-state index contributed by atoms with van der Waals surface area (Å²) in [6.07, 6.45) is 0. The maximum absolute atomic E-state index is 12.9. The van der Waals surface area contributed by atoms with Crippen LogP contribution in [0.15, 0.2) is 23.1 Å². The van der Waals surface area contributed by atoms with E-state index < -0.39 is 10.0 Å². The number of hydrogen-bond donors (Lipinski definition) is 1. The molecule has 0 saturated carbocycles. The fourth-order valence-corrected chi connectivity index (χ4v) is 4.48. The van der Waals surface area contributed by atoms with E-state index in [1.165, 1.54) is 4.31 Å². The lowest BCUT2D eigenvalue weighted by molar-refractivity contribution is -0.117. The number of carbonyl (C=O) groups is 1. The lowest BCUT2D eigenvalue weighted by Gasteiger charge is -2.34. The molecule has 1 aromatic carbocycles. The van der Waals surface area contributed by atoms with Gasteiger partial charge in [-0.05, 0) is 44.0 Å². The second kappa shape index (κ2) is 8.90. The zero-order valence-electron chi connectivity index (χ0n) is 17.8. The minimum Gasteiger partial charge on any atom is -0.379 e. The molecule has 8 heteroatoms. The van der Waals surface area contributed by atoms with E-state index in [4.69, 9.17) is 4.74 Å². The molecule has 1 aliphatic rings. The molecule has 1 fully saturated rings. The fourth-order valence-electron chi connectivity index (χ4n) is 3.05. The number of hydrogen-bond acceptors (Lipinski definition) is 5. The molecule has 1 heterocycles. The van der Waals surface area contributed by atoms with Gasteiger partial charge in [-0.3, -0.25) is 9.69 Å². The largest absolute Gasteiger partial charge is 0.379 e. The average Bonchev–Trinajstić information content (AvgIpc) is 2.62. The average molecular weight is 412 g/mol. The van der Waals surface area contributed by atoms with Gasteiger partial charge in [-0.15, -0.1) is 0 Å². The molecule has 0 spiro atoms. The van der Waals surface area contributed by atoms with Crippen molar-refractivity contribution in [2.75, 3.05) is 45.2 Å². The van der Waals surface area contributed by atoms with Crippen molar-refractivity contribution in [1.29, 1.82) is 0 Å². The summed E-state index contributed by atoms with van der Waals surface area (Å²) in [4.78, 5) is 14.7. The molecule has 7 nitrogen and oxygen atoms in total. The molecule has 0 aliphatic carbocycles. The van der Waals surface area contributed by atoms with Gasteiger partial charge in [-0.1, -0.05) is 26.8 Å². The zero-order chi connectivity index (χ0) is 21.1. The topological polar surface area (TPSA) is 79.0 Å². The van der Waals surface area contributed by atoms with Crippen molar-refractivity contribution in [1.82, 2.24) is 9.21 Å². The molecule has 28 heavy (non-hydrogen) atoms. The number of nitrogens with zero attached hydrogens (tertiary/aromatic N) is 2. The summed E-state index contributed by atoms with van der Waals surface area (Å²) < 4.78 is 32.4. The second-order valence-electron chi connectivity index (χ2n) is 8.50. The lowest BCUT2D eigenvalue weighted by atomic mass is 9.87. The van der Waals surface area contributed by atoms with E-state index in [1.54, 1.807) is 18.2 Å². The third kappa shape index (κ3) is 5.53. The molecule has 1 unspecified atom stereocenters. The minimum atomic E-state index is -3.60. The number of carbonyl (C=O) groups excluding carboxylic acids is 1. The molecule has 1 atom stereocenters. The highest BCUT2D eigenvalue weighted by atomic mass is 32.2. The van der Waals surface area contributed by atoms with E-state index in [0.29, 0.717) is 32.0 Å². The van der Waals surface area contributed by atoms with Crippen LogP contribution in [-0.2, 0) is 19.6 Å². The number of likely N-dealkylation sites (N-methyl/N-ethyl adjacent to an activating group) is 1. The predicted molar refractivity (Wildman–Crippen MR) is 111 cm³/mol. The third-order valence-electron chi connectivity index (χ3n) is 5.40. The number of rotatable bonds is 6. The molecule has 158 valence electrons. The van der Waals surface area contributed by atoms with Crippen LogP contribution in [0.5, 0.6) is 0 Å². The molecule has 1 amide bonds.